The normalized spacial score (nSPS) is 19.7. The van der Waals surface area contributed by atoms with Crippen LogP contribution in [0.1, 0.15) is 19.8 Å². The predicted molar refractivity (Wildman–Crippen MR) is 44.8 cm³/mol. The molecule has 15 heavy (non-hydrogen) atoms. The Morgan fingerprint density at radius 3 is 2.33 bits per heavy atom. The Morgan fingerprint density at radius 1 is 1.53 bits per heavy atom. The van der Waals surface area contributed by atoms with Gasteiger partial charge in [0.05, 0.1) is 5.41 Å². The highest BCUT2D eigenvalue weighted by molar-refractivity contribution is 7.86. The minimum atomic E-state index is -5.53. The van der Waals surface area contributed by atoms with Crippen LogP contribution in [0.3, 0.4) is 0 Å². The van der Waals surface area contributed by atoms with E-state index in [1.165, 1.54) is 6.92 Å². The zero-order valence-electron chi connectivity index (χ0n) is 7.87. The Kier molecular flexibility index (Phi) is 2.77. The first kappa shape index (κ1) is 12.3. The molecule has 0 aromatic rings. The van der Waals surface area contributed by atoms with Crippen molar-refractivity contribution < 1.29 is 31.3 Å². The summed E-state index contributed by atoms with van der Waals surface area (Å²) in [7, 11) is -5.53. The van der Waals surface area contributed by atoms with Gasteiger partial charge < -0.3 is 4.74 Å². The molecule has 0 saturated heterocycles. The molecule has 0 atom stereocenters. The lowest BCUT2D eigenvalue weighted by Gasteiger charge is -2.14. The van der Waals surface area contributed by atoms with Crippen LogP contribution in [0.25, 0.3) is 0 Å². The van der Waals surface area contributed by atoms with Crippen molar-refractivity contribution in [1.29, 1.82) is 0 Å². The first-order valence-corrected chi connectivity index (χ1v) is 5.55. The molecule has 8 heteroatoms. The topological polar surface area (TPSA) is 80.7 Å². The van der Waals surface area contributed by atoms with E-state index in [1.807, 2.05) is 0 Å². The predicted octanol–water partition coefficient (Wildman–Crippen LogP) is 0.810. The number of halogens is 2. The first-order chi connectivity index (χ1) is 6.58. The minimum Gasteiger partial charge on any atom is -0.458 e. The van der Waals surface area contributed by atoms with Crippen LogP contribution in [0.4, 0.5) is 8.78 Å². The fourth-order valence-electron chi connectivity index (χ4n) is 0.790. The molecule has 0 unspecified atom stereocenters. The van der Waals surface area contributed by atoms with Crippen LogP contribution < -0.4 is 0 Å². The Hall–Kier alpha value is -0.760. The molecule has 1 aliphatic carbocycles. The molecule has 1 fully saturated rings. The Balaban J connectivity index is 2.54. The molecule has 0 aromatic heterocycles. The molecule has 0 aromatic carbocycles. The molecule has 0 heterocycles. The third-order valence-electron chi connectivity index (χ3n) is 2.24. The van der Waals surface area contributed by atoms with Gasteiger partial charge in [-0.05, 0) is 19.8 Å². The maximum atomic E-state index is 12.6. The number of carbonyl (C=O) groups excluding carboxylic acids is 1. The third kappa shape index (κ3) is 2.63. The molecular formula is C7H10F2O5S. The van der Waals surface area contributed by atoms with Crippen LogP contribution in [0.15, 0.2) is 0 Å². The highest BCUT2D eigenvalue weighted by Gasteiger charge is 2.50. The van der Waals surface area contributed by atoms with Gasteiger partial charge in [0.15, 0.2) is 6.61 Å². The lowest BCUT2D eigenvalue weighted by molar-refractivity contribution is -0.155. The second-order valence-electron chi connectivity index (χ2n) is 3.75. The number of alkyl halides is 2. The molecule has 0 aliphatic heterocycles. The van der Waals surface area contributed by atoms with E-state index in [0.29, 0.717) is 12.8 Å². The number of hydrogen-bond donors (Lipinski definition) is 1. The van der Waals surface area contributed by atoms with Gasteiger partial charge in [0, 0.05) is 0 Å². The van der Waals surface area contributed by atoms with Crippen LogP contribution >= 0.6 is 0 Å². The van der Waals surface area contributed by atoms with Crippen LogP contribution in [0.2, 0.25) is 0 Å². The van der Waals surface area contributed by atoms with Gasteiger partial charge in [0.1, 0.15) is 0 Å². The first-order valence-electron chi connectivity index (χ1n) is 4.11. The van der Waals surface area contributed by atoms with E-state index in [-0.39, 0.29) is 0 Å². The summed E-state index contributed by atoms with van der Waals surface area (Å²) in [5, 5.41) is -4.45. The molecule has 1 aliphatic rings. The summed E-state index contributed by atoms with van der Waals surface area (Å²) in [6.45, 7) is -0.124. The Labute approximate surface area is 85.2 Å². The second kappa shape index (κ2) is 3.38. The molecule has 5 nitrogen and oxygen atoms in total. The van der Waals surface area contributed by atoms with Crippen molar-refractivity contribution in [3.05, 3.63) is 0 Å². The highest BCUT2D eigenvalue weighted by atomic mass is 32.2. The maximum Gasteiger partial charge on any atom is 0.402 e. The van der Waals surface area contributed by atoms with E-state index in [1.54, 1.807) is 0 Å². The molecule has 0 amide bonds. The van der Waals surface area contributed by atoms with E-state index in [2.05, 4.69) is 4.74 Å². The average molecular weight is 244 g/mol. The van der Waals surface area contributed by atoms with Crippen molar-refractivity contribution in [3.63, 3.8) is 0 Å². The lowest BCUT2D eigenvalue weighted by atomic mass is 10.1. The molecule has 0 radical (unpaired) electrons. The molecule has 0 spiro atoms. The van der Waals surface area contributed by atoms with Crippen LogP contribution in [0.5, 0.6) is 0 Å². The van der Waals surface area contributed by atoms with Crippen molar-refractivity contribution in [2.45, 2.75) is 25.0 Å². The molecule has 88 valence electrons. The summed E-state index contributed by atoms with van der Waals surface area (Å²) in [6, 6.07) is 0. The van der Waals surface area contributed by atoms with Gasteiger partial charge in [-0.15, -0.1) is 0 Å². The standard InChI is InChI=1S/C7H10F2O5S/c1-6(2-3-6)5(10)14-4-7(8,9)15(11,12)13/h2-4H2,1H3,(H,11,12,13). The number of hydrogen-bond acceptors (Lipinski definition) is 4. The number of rotatable bonds is 4. The fourth-order valence-corrected chi connectivity index (χ4v) is 0.998. The van der Waals surface area contributed by atoms with Crippen molar-refractivity contribution in [1.82, 2.24) is 0 Å². The molecule has 1 N–H and O–H groups in total. The third-order valence-corrected chi connectivity index (χ3v) is 3.11. The number of ether oxygens (including phenoxy) is 1. The van der Waals surface area contributed by atoms with Crippen LogP contribution in [0, 0.1) is 5.41 Å². The zero-order valence-corrected chi connectivity index (χ0v) is 8.68. The zero-order chi connectivity index (χ0) is 11.9. The van der Waals surface area contributed by atoms with Crippen molar-refractivity contribution >= 4 is 16.1 Å². The summed E-state index contributed by atoms with van der Waals surface area (Å²) < 4.78 is 57.7. The average Bonchev–Trinajstić information content (AvgIpc) is 2.79. The Bertz CT molecular complexity index is 371. The van der Waals surface area contributed by atoms with Crippen molar-refractivity contribution in [2.75, 3.05) is 6.61 Å². The minimum absolute atomic E-state index is 0.531. The summed E-state index contributed by atoms with van der Waals surface area (Å²) in [6.07, 6.45) is 1.06. The highest BCUT2D eigenvalue weighted by Crippen LogP contribution is 2.46. The van der Waals surface area contributed by atoms with Gasteiger partial charge >= 0.3 is 21.3 Å². The smallest absolute Gasteiger partial charge is 0.402 e. The molecule has 1 rings (SSSR count). The molecule has 0 bridgehead atoms. The maximum absolute atomic E-state index is 12.6. The Morgan fingerprint density at radius 2 is 2.00 bits per heavy atom. The fraction of sp³-hybridized carbons (Fsp3) is 0.857. The van der Waals surface area contributed by atoms with E-state index in [0.717, 1.165) is 0 Å². The summed E-state index contributed by atoms with van der Waals surface area (Å²) >= 11 is 0. The van der Waals surface area contributed by atoms with Gasteiger partial charge in [-0.3, -0.25) is 9.35 Å². The number of esters is 1. The van der Waals surface area contributed by atoms with Crippen LogP contribution in [-0.2, 0) is 19.6 Å². The summed E-state index contributed by atoms with van der Waals surface area (Å²) in [5.74, 6) is -0.870. The summed E-state index contributed by atoms with van der Waals surface area (Å²) in [5.41, 5.74) is -0.769. The van der Waals surface area contributed by atoms with Crippen molar-refractivity contribution in [2.24, 2.45) is 5.41 Å². The van der Waals surface area contributed by atoms with Gasteiger partial charge in [-0.1, -0.05) is 0 Å². The van der Waals surface area contributed by atoms with Crippen molar-refractivity contribution in [3.8, 4) is 0 Å². The summed E-state index contributed by atoms with van der Waals surface area (Å²) in [4.78, 5) is 11.1. The van der Waals surface area contributed by atoms with Crippen LogP contribution in [-0.4, -0.2) is 30.8 Å². The van der Waals surface area contributed by atoms with E-state index in [4.69, 9.17) is 4.55 Å². The van der Waals surface area contributed by atoms with Gasteiger partial charge in [0.2, 0.25) is 0 Å². The molecule has 1 saturated carbocycles. The van der Waals surface area contributed by atoms with E-state index < -0.39 is 33.4 Å². The largest absolute Gasteiger partial charge is 0.458 e. The lowest BCUT2D eigenvalue weighted by Crippen LogP contribution is -2.35. The second-order valence-corrected chi connectivity index (χ2v) is 5.30. The van der Waals surface area contributed by atoms with E-state index >= 15 is 0 Å². The van der Waals surface area contributed by atoms with Gasteiger partial charge in [-0.25, -0.2) is 0 Å². The number of carbonyl (C=O) groups is 1. The van der Waals surface area contributed by atoms with E-state index in [9.17, 15) is 22.0 Å². The SMILES string of the molecule is CC1(C(=O)OCC(F)(F)S(=O)(=O)O)CC1. The van der Waals surface area contributed by atoms with Gasteiger partial charge in [-0.2, -0.15) is 17.2 Å². The monoisotopic (exact) mass is 244 g/mol. The quantitative estimate of drug-likeness (QED) is 0.584. The molecular weight excluding hydrogens is 234 g/mol. The van der Waals surface area contributed by atoms with Gasteiger partial charge in [0.25, 0.3) is 0 Å².